The lowest BCUT2D eigenvalue weighted by Gasteiger charge is -2.29. The summed E-state index contributed by atoms with van der Waals surface area (Å²) in [7, 11) is -1.77. The molecule has 2 N–H and O–H groups in total. The molecule has 3 heterocycles. The second kappa shape index (κ2) is 7.56. The van der Waals surface area contributed by atoms with Crippen LogP contribution < -0.4 is 10.2 Å². The van der Waals surface area contributed by atoms with Gasteiger partial charge in [0.2, 0.25) is 0 Å². The summed E-state index contributed by atoms with van der Waals surface area (Å²) < 4.78 is 29.8. The molecule has 1 saturated carbocycles. The molecule has 0 atom stereocenters. The molecule has 1 aromatic carbocycles. The van der Waals surface area contributed by atoms with Gasteiger partial charge >= 0.3 is 0 Å². The Balaban J connectivity index is 1.73. The minimum absolute atomic E-state index is 0.220. The van der Waals surface area contributed by atoms with E-state index in [0.717, 1.165) is 10.9 Å². The zero-order chi connectivity index (χ0) is 22.5. The second-order valence-electron chi connectivity index (χ2n) is 8.34. The number of H-pyrrole nitrogens is 1. The van der Waals surface area contributed by atoms with E-state index in [9.17, 15) is 13.2 Å². The number of nitrogens with zero attached hydrogens (tertiary/aromatic N) is 3. The SMILES string of the molecule is CNC(=O)c1cc(-c2nc(N3CCOCC3)cc(C3(S(C)(=O)=O)CC3)n2)c2cc[nH]c2c1. The van der Waals surface area contributed by atoms with E-state index in [-0.39, 0.29) is 5.91 Å². The Bertz CT molecular complexity index is 1310. The van der Waals surface area contributed by atoms with Crippen LogP contribution in [-0.4, -0.2) is 68.9 Å². The van der Waals surface area contributed by atoms with Crippen LogP contribution in [0.4, 0.5) is 5.82 Å². The van der Waals surface area contributed by atoms with Gasteiger partial charge in [0.05, 0.1) is 18.9 Å². The van der Waals surface area contributed by atoms with Crippen LogP contribution in [0.1, 0.15) is 28.9 Å². The van der Waals surface area contributed by atoms with Gasteiger partial charge in [0.15, 0.2) is 15.7 Å². The number of amides is 1. The van der Waals surface area contributed by atoms with Gasteiger partial charge in [-0.15, -0.1) is 0 Å². The summed E-state index contributed by atoms with van der Waals surface area (Å²) in [6.07, 6.45) is 4.16. The number of aromatic amines is 1. The lowest BCUT2D eigenvalue weighted by Crippen LogP contribution is -2.37. The van der Waals surface area contributed by atoms with Crippen molar-refractivity contribution in [3.05, 3.63) is 41.7 Å². The number of morpholine rings is 1. The predicted molar refractivity (Wildman–Crippen MR) is 122 cm³/mol. The highest BCUT2D eigenvalue weighted by Crippen LogP contribution is 2.52. The predicted octanol–water partition coefficient (Wildman–Crippen LogP) is 1.85. The van der Waals surface area contributed by atoms with Crippen LogP contribution in [0.2, 0.25) is 0 Å². The van der Waals surface area contributed by atoms with Crippen molar-refractivity contribution in [2.24, 2.45) is 0 Å². The zero-order valence-electron chi connectivity index (χ0n) is 18.0. The number of sulfone groups is 1. The molecule has 0 spiro atoms. The summed E-state index contributed by atoms with van der Waals surface area (Å²) >= 11 is 0. The lowest BCUT2D eigenvalue weighted by atomic mass is 10.0. The highest BCUT2D eigenvalue weighted by molar-refractivity contribution is 7.91. The smallest absolute Gasteiger partial charge is 0.251 e. The molecule has 3 aromatic rings. The topological polar surface area (TPSA) is 117 Å². The van der Waals surface area contributed by atoms with Crippen molar-refractivity contribution in [3.8, 4) is 11.4 Å². The van der Waals surface area contributed by atoms with Crippen LogP contribution in [0.5, 0.6) is 0 Å². The summed E-state index contributed by atoms with van der Waals surface area (Å²) in [6, 6.07) is 7.26. The fraction of sp³-hybridized carbons (Fsp3) is 0.409. The number of carbonyl (C=O) groups is 1. The molecule has 9 nitrogen and oxygen atoms in total. The molecule has 5 rings (SSSR count). The number of rotatable bonds is 5. The largest absolute Gasteiger partial charge is 0.378 e. The first kappa shape index (κ1) is 20.9. The summed E-state index contributed by atoms with van der Waals surface area (Å²) in [6.45, 7) is 2.50. The molecule has 0 radical (unpaired) electrons. The molecule has 10 heteroatoms. The number of benzene rings is 1. The Hall–Kier alpha value is -2.98. The van der Waals surface area contributed by atoms with E-state index < -0.39 is 14.6 Å². The van der Waals surface area contributed by atoms with Gasteiger partial charge in [0.25, 0.3) is 5.91 Å². The van der Waals surface area contributed by atoms with Gasteiger partial charge in [-0.2, -0.15) is 0 Å². The molecule has 0 unspecified atom stereocenters. The Kier molecular flexibility index (Phi) is 4.94. The average Bonchev–Trinajstić information content (AvgIpc) is 3.50. The summed E-state index contributed by atoms with van der Waals surface area (Å²) in [5.41, 5.74) is 2.46. The van der Waals surface area contributed by atoms with E-state index in [1.807, 2.05) is 6.07 Å². The highest BCUT2D eigenvalue weighted by atomic mass is 32.2. The Morgan fingerprint density at radius 3 is 2.59 bits per heavy atom. The van der Waals surface area contributed by atoms with Gasteiger partial charge in [-0.25, -0.2) is 18.4 Å². The van der Waals surface area contributed by atoms with Crippen molar-refractivity contribution in [2.45, 2.75) is 17.6 Å². The molecule has 1 aliphatic carbocycles. The molecule has 32 heavy (non-hydrogen) atoms. The number of anilines is 1. The van der Waals surface area contributed by atoms with Gasteiger partial charge in [-0.3, -0.25) is 4.79 Å². The Labute approximate surface area is 186 Å². The zero-order valence-corrected chi connectivity index (χ0v) is 18.8. The molecule has 2 aromatic heterocycles. The third-order valence-corrected chi connectivity index (χ3v) is 8.36. The monoisotopic (exact) mass is 455 g/mol. The summed E-state index contributed by atoms with van der Waals surface area (Å²) in [5, 5.41) is 3.52. The molecule has 0 bridgehead atoms. The van der Waals surface area contributed by atoms with Gasteiger partial charge in [-0.1, -0.05) is 0 Å². The van der Waals surface area contributed by atoms with Crippen LogP contribution in [0.25, 0.3) is 22.3 Å². The van der Waals surface area contributed by atoms with E-state index >= 15 is 0 Å². The standard InChI is InChI=1S/C22H25N5O4S/c1-23-21(28)14-11-16(15-3-6-24-17(15)12-14)20-25-18(22(4-5-22)32(2,29)30)13-19(26-20)27-7-9-31-10-8-27/h3,6,11-13,24H,4-5,7-10H2,1-2H3,(H,23,28). The van der Waals surface area contributed by atoms with E-state index in [0.29, 0.717) is 67.6 Å². The number of ether oxygens (including phenoxy) is 1. The van der Waals surface area contributed by atoms with Crippen molar-refractivity contribution in [3.63, 3.8) is 0 Å². The second-order valence-corrected chi connectivity index (χ2v) is 10.7. The van der Waals surface area contributed by atoms with Crippen molar-refractivity contribution in [1.29, 1.82) is 0 Å². The minimum Gasteiger partial charge on any atom is -0.378 e. The third kappa shape index (κ3) is 3.43. The van der Waals surface area contributed by atoms with Crippen molar-refractivity contribution >= 4 is 32.5 Å². The molecule has 1 amide bonds. The summed E-state index contributed by atoms with van der Waals surface area (Å²) in [4.78, 5) is 27.2. The molecular weight excluding hydrogens is 430 g/mol. The van der Waals surface area contributed by atoms with E-state index in [1.165, 1.54) is 6.26 Å². The maximum absolute atomic E-state index is 12.7. The normalized spacial score (nSPS) is 18.0. The number of hydrogen-bond acceptors (Lipinski definition) is 7. The molecule has 1 aliphatic heterocycles. The maximum Gasteiger partial charge on any atom is 0.251 e. The van der Waals surface area contributed by atoms with Gasteiger partial charge in [0.1, 0.15) is 10.6 Å². The molecule has 1 saturated heterocycles. The number of nitrogens with one attached hydrogen (secondary N) is 2. The van der Waals surface area contributed by atoms with Crippen molar-refractivity contribution in [2.75, 3.05) is 44.5 Å². The van der Waals surface area contributed by atoms with Crippen LogP contribution in [0.15, 0.2) is 30.5 Å². The Morgan fingerprint density at radius 1 is 1.19 bits per heavy atom. The summed E-state index contributed by atoms with van der Waals surface area (Å²) in [5.74, 6) is 0.869. The highest BCUT2D eigenvalue weighted by Gasteiger charge is 2.55. The lowest BCUT2D eigenvalue weighted by molar-refractivity contribution is 0.0963. The van der Waals surface area contributed by atoms with Crippen LogP contribution in [0.3, 0.4) is 0 Å². The van der Waals surface area contributed by atoms with Gasteiger partial charge in [-0.05, 0) is 31.0 Å². The first-order valence-electron chi connectivity index (χ1n) is 10.6. The maximum atomic E-state index is 12.7. The third-order valence-electron chi connectivity index (χ3n) is 6.33. The van der Waals surface area contributed by atoms with Crippen molar-refractivity contribution < 1.29 is 17.9 Å². The molecule has 2 aliphatic rings. The van der Waals surface area contributed by atoms with Crippen LogP contribution in [-0.2, 0) is 19.3 Å². The Morgan fingerprint density at radius 2 is 1.94 bits per heavy atom. The number of fused-ring (bicyclic) bond motifs is 1. The first-order valence-corrected chi connectivity index (χ1v) is 12.5. The molecule has 2 fully saturated rings. The van der Waals surface area contributed by atoms with Crippen molar-refractivity contribution in [1.82, 2.24) is 20.3 Å². The van der Waals surface area contributed by atoms with Crippen LogP contribution >= 0.6 is 0 Å². The van der Waals surface area contributed by atoms with E-state index in [1.54, 1.807) is 31.4 Å². The fourth-order valence-electron chi connectivity index (χ4n) is 4.30. The van der Waals surface area contributed by atoms with E-state index in [2.05, 4.69) is 15.2 Å². The number of carbonyl (C=O) groups excluding carboxylic acids is 1. The van der Waals surface area contributed by atoms with Gasteiger partial charge < -0.3 is 19.9 Å². The van der Waals surface area contributed by atoms with Crippen LogP contribution in [0, 0.1) is 0 Å². The van der Waals surface area contributed by atoms with E-state index in [4.69, 9.17) is 14.7 Å². The number of hydrogen-bond donors (Lipinski definition) is 2. The number of aromatic nitrogens is 3. The first-order chi connectivity index (χ1) is 15.3. The average molecular weight is 456 g/mol. The molecule has 168 valence electrons. The fourth-order valence-corrected chi connectivity index (χ4v) is 5.63. The minimum atomic E-state index is -3.35. The van der Waals surface area contributed by atoms with Gasteiger partial charge in [0, 0.05) is 60.7 Å². The molecular formula is C22H25N5O4S. The quantitative estimate of drug-likeness (QED) is 0.603.